The summed E-state index contributed by atoms with van der Waals surface area (Å²) in [7, 11) is 0. The van der Waals surface area contributed by atoms with Crippen molar-refractivity contribution >= 4 is 11.8 Å². The highest BCUT2D eigenvalue weighted by Gasteiger charge is 2.26. The number of aryl methyl sites for hydroxylation is 1. The molecule has 2 amide bonds. The Morgan fingerprint density at radius 2 is 1.06 bits per heavy atom. The molecule has 1 fully saturated rings. The second-order valence-corrected chi connectivity index (χ2v) is 17.9. The van der Waals surface area contributed by atoms with Gasteiger partial charge in [-0.05, 0) is 78.8 Å². The Morgan fingerprint density at radius 1 is 0.588 bits per heavy atom. The van der Waals surface area contributed by atoms with Crippen LogP contribution in [0.4, 0.5) is 0 Å². The Balaban J connectivity index is 0.811. The molecule has 1 aliphatic heterocycles. The average molecular weight is 928 g/mol. The number of carbonyl (C=O) groups excluding carboxylic acids is 2. The molecule has 0 radical (unpaired) electrons. The van der Waals surface area contributed by atoms with Crippen LogP contribution < -0.4 is 10.6 Å². The lowest BCUT2D eigenvalue weighted by Crippen LogP contribution is -2.35. The van der Waals surface area contributed by atoms with E-state index in [1.165, 1.54) is 18.6 Å². The van der Waals surface area contributed by atoms with Crippen molar-refractivity contribution in [3.8, 4) is 57.1 Å². The molecule has 0 saturated carbocycles. The second-order valence-electron chi connectivity index (χ2n) is 17.9. The minimum absolute atomic E-state index is 0.00265. The number of phenolic OH excluding ortho intramolecular Hbond substituents is 4. The zero-order valence-electron chi connectivity index (χ0n) is 39.5. The summed E-state index contributed by atoms with van der Waals surface area (Å²) in [5.41, 5.74) is 4.45. The fraction of sp³-hybridized carbons (Fsp3) is 0.423. The van der Waals surface area contributed by atoms with E-state index in [0.717, 1.165) is 103 Å². The van der Waals surface area contributed by atoms with Gasteiger partial charge in [0.2, 0.25) is 11.6 Å². The molecule has 0 bridgehead atoms. The second kappa shape index (κ2) is 23.8. The number of ether oxygens (including phenoxy) is 1. The fourth-order valence-corrected chi connectivity index (χ4v) is 8.55. The Labute approximate surface area is 398 Å². The third-order valence-corrected chi connectivity index (χ3v) is 12.4. The van der Waals surface area contributed by atoms with E-state index in [1.807, 2.05) is 68.4 Å². The molecular formula is C52H65N9O7. The van der Waals surface area contributed by atoms with Gasteiger partial charge in [-0.25, -0.2) is 0 Å². The molecule has 7 rings (SSSR count). The highest BCUT2D eigenvalue weighted by molar-refractivity contribution is 5.93. The van der Waals surface area contributed by atoms with Gasteiger partial charge in [-0.1, -0.05) is 102 Å². The van der Waals surface area contributed by atoms with E-state index in [9.17, 15) is 30.0 Å². The van der Waals surface area contributed by atoms with Gasteiger partial charge in [-0.15, -0.1) is 20.4 Å². The van der Waals surface area contributed by atoms with Crippen LogP contribution in [-0.2, 0) is 11.3 Å². The Bertz CT molecular complexity index is 2600. The average Bonchev–Trinajstić information content (AvgIpc) is 3.98. The molecule has 0 unspecified atom stereocenters. The first-order valence-corrected chi connectivity index (χ1v) is 24.0. The first-order chi connectivity index (χ1) is 33.0. The number of morpholine rings is 1. The number of para-hydroxylation sites is 1. The molecule has 6 N–H and O–H groups in total. The lowest BCUT2D eigenvalue weighted by molar-refractivity contribution is 0.0342. The number of hydrogen-bond donors (Lipinski definition) is 6. The van der Waals surface area contributed by atoms with Crippen LogP contribution in [0.5, 0.6) is 23.0 Å². The van der Waals surface area contributed by atoms with Crippen LogP contribution in [0.15, 0.2) is 78.9 Å². The van der Waals surface area contributed by atoms with Gasteiger partial charge >= 0.3 is 0 Å². The molecule has 1 aliphatic rings. The summed E-state index contributed by atoms with van der Waals surface area (Å²) < 4.78 is 8.80. The molecule has 4 aromatic carbocycles. The van der Waals surface area contributed by atoms with E-state index in [-0.39, 0.29) is 52.4 Å². The smallest absolute Gasteiger partial charge is 0.289 e. The fourth-order valence-electron chi connectivity index (χ4n) is 8.55. The number of rotatable bonds is 23. The van der Waals surface area contributed by atoms with Crippen molar-refractivity contribution in [1.82, 2.24) is 45.1 Å². The molecule has 1 saturated heterocycles. The summed E-state index contributed by atoms with van der Waals surface area (Å²) in [6, 6.07) is 23.1. The van der Waals surface area contributed by atoms with Gasteiger partial charge in [0.05, 0.1) is 24.3 Å². The summed E-state index contributed by atoms with van der Waals surface area (Å²) in [4.78, 5) is 29.3. The zero-order valence-corrected chi connectivity index (χ0v) is 39.5. The van der Waals surface area contributed by atoms with E-state index in [2.05, 4.69) is 35.9 Å². The molecule has 0 aliphatic carbocycles. The predicted molar refractivity (Wildman–Crippen MR) is 261 cm³/mol. The molecular weight excluding hydrogens is 863 g/mol. The Morgan fingerprint density at radius 3 is 1.57 bits per heavy atom. The van der Waals surface area contributed by atoms with E-state index in [0.29, 0.717) is 58.4 Å². The van der Waals surface area contributed by atoms with E-state index in [1.54, 1.807) is 28.2 Å². The van der Waals surface area contributed by atoms with Crippen LogP contribution in [0, 0.1) is 6.92 Å². The van der Waals surface area contributed by atoms with Gasteiger partial charge in [0.25, 0.3) is 11.8 Å². The van der Waals surface area contributed by atoms with Gasteiger partial charge in [-0.3, -0.25) is 23.6 Å². The van der Waals surface area contributed by atoms with E-state index < -0.39 is 0 Å². The number of nitrogens with one attached hydrogen (secondary N) is 2. The normalized spacial score (nSPS) is 13.0. The number of phenols is 4. The molecule has 2 aromatic heterocycles. The van der Waals surface area contributed by atoms with Crippen LogP contribution >= 0.6 is 0 Å². The lowest BCUT2D eigenvalue weighted by Gasteiger charge is -2.26. The van der Waals surface area contributed by atoms with Crippen LogP contribution in [-0.4, -0.2) is 106 Å². The number of unbranched alkanes of at least 4 members (excludes halogenated alkanes) is 10. The number of benzene rings is 4. The van der Waals surface area contributed by atoms with Gasteiger partial charge in [-0.2, -0.15) is 0 Å². The third-order valence-electron chi connectivity index (χ3n) is 12.4. The largest absolute Gasteiger partial charge is 0.508 e. The number of carbonyl (C=O) groups is 2. The number of aromatic nitrogens is 6. The van der Waals surface area contributed by atoms with E-state index >= 15 is 0 Å². The standard InChI is InChI=1S/C52H65N9O7/c1-35(2)40-31-42(46(65)33-44(40)63)48-56-58-50(61(48)39-22-20-37(21-23-39)34-59-26-28-68-29-27-59)52(67)54-25-17-12-10-8-6-4-5-7-9-11-16-24-53-51(66)49-57-55-47(60(49)38-18-14-13-15-19-38)41-30-36(3)43(62)32-45(41)64/h13-15,18-23,30-33,35,62-65H,4-12,16-17,24-29,34H2,1-3H3,(H,53,66)(H,54,67). The number of nitrogens with zero attached hydrogens (tertiary/aromatic N) is 7. The molecule has 68 heavy (non-hydrogen) atoms. The molecule has 3 heterocycles. The monoisotopic (exact) mass is 928 g/mol. The number of hydrogen-bond acceptors (Lipinski definition) is 12. The number of aromatic hydroxyl groups is 4. The first kappa shape index (κ1) is 49.1. The quantitative estimate of drug-likeness (QED) is 0.0333. The minimum Gasteiger partial charge on any atom is -0.508 e. The molecule has 6 aromatic rings. The summed E-state index contributed by atoms with van der Waals surface area (Å²) in [5.74, 6) is -0.226. The summed E-state index contributed by atoms with van der Waals surface area (Å²) >= 11 is 0. The van der Waals surface area contributed by atoms with Crippen LogP contribution in [0.2, 0.25) is 0 Å². The van der Waals surface area contributed by atoms with Crippen LogP contribution in [0.25, 0.3) is 34.2 Å². The lowest BCUT2D eigenvalue weighted by atomic mass is 9.98. The molecule has 16 nitrogen and oxygen atoms in total. The highest BCUT2D eigenvalue weighted by Crippen LogP contribution is 2.39. The topological polar surface area (TPSA) is 213 Å². The van der Waals surface area contributed by atoms with Crippen molar-refractivity contribution in [3.63, 3.8) is 0 Å². The Kier molecular flexibility index (Phi) is 17.2. The van der Waals surface area contributed by atoms with Gasteiger partial charge in [0.15, 0.2) is 11.6 Å². The van der Waals surface area contributed by atoms with Gasteiger partial charge in [0, 0.05) is 56.2 Å². The van der Waals surface area contributed by atoms with Crippen LogP contribution in [0.3, 0.4) is 0 Å². The molecule has 360 valence electrons. The maximum atomic E-state index is 13.7. The molecule has 16 heteroatoms. The summed E-state index contributed by atoms with van der Waals surface area (Å²) in [5, 5.41) is 65.4. The van der Waals surface area contributed by atoms with Crippen molar-refractivity contribution < 1.29 is 34.8 Å². The maximum Gasteiger partial charge on any atom is 0.289 e. The first-order valence-electron chi connectivity index (χ1n) is 24.0. The molecule has 0 spiro atoms. The van der Waals surface area contributed by atoms with Gasteiger partial charge in [0.1, 0.15) is 23.0 Å². The predicted octanol–water partition coefficient (Wildman–Crippen LogP) is 8.72. The molecule has 0 atom stereocenters. The minimum atomic E-state index is -0.353. The van der Waals surface area contributed by atoms with Crippen molar-refractivity contribution in [2.75, 3.05) is 39.4 Å². The van der Waals surface area contributed by atoms with Crippen molar-refractivity contribution in [2.24, 2.45) is 0 Å². The van der Waals surface area contributed by atoms with Crippen molar-refractivity contribution in [3.05, 3.63) is 107 Å². The number of amides is 2. The summed E-state index contributed by atoms with van der Waals surface area (Å²) in [6.45, 7) is 10.6. The van der Waals surface area contributed by atoms with Crippen LogP contribution in [0.1, 0.15) is 128 Å². The van der Waals surface area contributed by atoms with Crippen molar-refractivity contribution in [1.29, 1.82) is 0 Å². The summed E-state index contributed by atoms with van der Waals surface area (Å²) in [6.07, 6.45) is 11.6. The van der Waals surface area contributed by atoms with Crippen molar-refractivity contribution in [2.45, 2.75) is 104 Å². The SMILES string of the molecule is Cc1cc(-c2nnc(C(=O)NCCCCCCCCCCCCCNC(=O)c3nnc(-c4cc(C(C)C)c(O)cc4O)n3-c3ccc(CN4CCOCC4)cc3)n2-c2ccccc2)c(O)cc1O. The Hall–Kier alpha value is -6.78. The highest BCUT2D eigenvalue weighted by atomic mass is 16.5. The third kappa shape index (κ3) is 12.4. The zero-order chi connectivity index (χ0) is 48.0. The van der Waals surface area contributed by atoms with Gasteiger partial charge < -0.3 is 35.8 Å². The van der Waals surface area contributed by atoms with E-state index in [4.69, 9.17) is 4.74 Å². The maximum absolute atomic E-state index is 13.7.